The molecule has 0 aliphatic rings. The fraction of sp³-hybridized carbons (Fsp3) is 0. The molecule has 1 aromatic heterocycles. The van der Waals surface area contributed by atoms with Crippen LogP contribution in [0.4, 0.5) is 4.39 Å². The topological polar surface area (TPSA) is 25.8 Å². The summed E-state index contributed by atoms with van der Waals surface area (Å²) >= 11 is 0. The molecule has 0 atom stereocenters. The van der Waals surface area contributed by atoms with Crippen molar-refractivity contribution in [1.82, 2.24) is 9.97 Å². The average Bonchev–Trinajstić information content (AvgIpc) is 2.18. The molecule has 1 aromatic carbocycles. The number of hydrogen-bond donors (Lipinski definition) is 0. The van der Waals surface area contributed by atoms with E-state index in [-0.39, 0.29) is 5.82 Å². The second kappa shape index (κ2) is 2.94. The number of aromatic nitrogens is 2. The molecular formula is C10H7FN2. The minimum atomic E-state index is -0.338. The highest BCUT2D eigenvalue weighted by molar-refractivity contribution is 5.80. The molecule has 0 spiro atoms. The Balaban J connectivity index is 2.84. The standard InChI is InChI=1S/C10H7FN2/c1-2-7-3-8-5-12-6-13-10(8)9(11)4-7/h2-6H,1H2. The van der Waals surface area contributed by atoms with Gasteiger partial charge in [-0.2, -0.15) is 0 Å². The molecule has 2 rings (SSSR count). The van der Waals surface area contributed by atoms with Crippen molar-refractivity contribution < 1.29 is 4.39 Å². The van der Waals surface area contributed by atoms with Gasteiger partial charge in [-0.1, -0.05) is 12.7 Å². The largest absolute Gasteiger partial charge is 0.244 e. The van der Waals surface area contributed by atoms with E-state index in [1.165, 1.54) is 12.4 Å². The van der Waals surface area contributed by atoms with Gasteiger partial charge in [0, 0.05) is 11.6 Å². The summed E-state index contributed by atoms with van der Waals surface area (Å²) in [6, 6.07) is 3.20. The third-order valence-electron chi connectivity index (χ3n) is 1.82. The minimum Gasteiger partial charge on any atom is -0.244 e. The molecule has 64 valence electrons. The van der Waals surface area contributed by atoms with Crippen molar-refractivity contribution in [3.63, 3.8) is 0 Å². The number of hydrogen-bond acceptors (Lipinski definition) is 2. The predicted octanol–water partition coefficient (Wildman–Crippen LogP) is 2.41. The van der Waals surface area contributed by atoms with Crippen LogP contribution in [-0.4, -0.2) is 9.97 Å². The maximum absolute atomic E-state index is 13.3. The maximum Gasteiger partial charge on any atom is 0.150 e. The van der Waals surface area contributed by atoms with Gasteiger partial charge in [-0.05, 0) is 17.7 Å². The van der Waals surface area contributed by atoms with Crippen molar-refractivity contribution in [3.8, 4) is 0 Å². The van der Waals surface area contributed by atoms with Gasteiger partial charge in [-0.25, -0.2) is 14.4 Å². The smallest absolute Gasteiger partial charge is 0.150 e. The molecule has 0 amide bonds. The van der Waals surface area contributed by atoms with E-state index in [9.17, 15) is 4.39 Å². The highest BCUT2D eigenvalue weighted by Gasteiger charge is 2.02. The van der Waals surface area contributed by atoms with Crippen LogP contribution >= 0.6 is 0 Å². The number of nitrogens with zero attached hydrogens (tertiary/aromatic N) is 2. The molecule has 0 saturated carbocycles. The van der Waals surface area contributed by atoms with E-state index in [0.717, 1.165) is 5.56 Å². The van der Waals surface area contributed by atoms with Gasteiger partial charge >= 0.3 is 0 Å². The van der Waals surface area contributed by atoms with E-state index < -0.39 is 0 Å². The molecule has 1 heterocycles. The number of rotatable bonds is 1. The summed E-state index contributed by atoms with van der Waals surface area (Å²) in [6.45, 7) is 3.57. The fourth-order valence-corrected chi connectivity index (χ4v) is 1.20. The summed E-state index contributed by atoms with van der Waals surface area (Å²) < 4.78 is 13.3. The van der Waals surface area contributed by atoms with Crippen LogP contribution in [0.25, 0.3) is 17.0 Å². The first-order valence-corrected chi connectivity index (χ1v) is 3.83. The highest BCUT2D eigenvalue weighted by atomic mass is 19.1. The Bertz CT molecular complexity index is 465. The molecule has 2 nitrogen and oxygen atoms in total. The van der Waals surface area contributed by atoms with Crippen LogP contribution in [0, 0.1) is 5.82 Å². The molecule has 0 radical (unpaired) electrons. The van der Waals surface area contributed by atoms with Gasteiger partial charge in [0.15, 0.2) is 0 Å². The molecule has 0 fully saturated rings. The monoisotopic (exact) mass is 174 g/mol. The Hall–Kier alpha value is -1.77. The van der Waals surface area contributed by atoms with Crippen molar-refractivity contribution in [2.45, 2.75) is 0 Å². The number of halogens is 1. The molecule has 13 heavy (non-hydrogen) atoms. The second-order valence-corrected chi connectivity index (χ2v) is 2.67. The van der Waals surface area contributed by atoms with Crippen LogP contribution in [-0.2, 0) is 0 Å². The van der Waals surface area contributed by atoms with E-state index in [1.807, 2.05) is 0 Å². The molecule has 0 N–H and O–H groups in total. The van der Waals surface area contributed by atoms with Crippen LogP contribution in [0.3, 0.4) is 0 Å². The molecule has 0 unspecified atom stereocenters. The van der Waals surface area contributed by atoms with Crippen LogP contribution in [0.2, 0.25) is 0 Å². The quantitative estimate of drug-likeness (QED) is 0.663. The Morgan fingerprint density at radius 1 is 1.38 bits per heavy atom. The Morgan fingerprint density at radius 3 is 3.00 bits per heavy atom. The minimum absolute atomic E-state index is 0.338. The summed E-state index contributed by atoms with van der Waals surface area (Å²) in [7, 11) is 0. The number of benzene rings is 1. The SMILES string of the molecule is C=Cc1cc(F)c2ncncc2c1. The van der Waals surface area contributed by atoms with Gasteiger partial charge < -0.3 is 0 Å². The lowest BCUT2D eigenvalue weighted by Gasteiger charge is -1.99. The van der Waals surface area contributed by atoms with E-state index in [1.54, 1.807) is 18.3 Å². The first-order valence-electron chi connectivity index (χ1n) is 3.83. The molecular weight excluding hydrogens is 167 g/mol. The van der Waals surface area contributed by atoms with Crippen LogP contribution in [0.15, 0.2) is 31.2 Å². The number of fused-ring (bicyclic) bond motifs is 1. The second-order valence-electron chi connectivity index (χ2n) is 2.67. The summed E-state index contributed by atoms with van der Waals surface area (Å²) in [5.74, 6) is -0.338. The van der Waals surface area contributed by atoms with Gasteiger partial charge in [-0.15, -0.1) is 0 Å². The van der Waals surface area contributed by atoms with Crippen molar-refractivity contribution >= 4 is 17.0 Å². The van der Waals surface area contributed by atoms with Crippen LogP contribution in [0.1, 0.15) is 5.56 Å². The Labute approximate surface area is 74.8 Å². The lowest BCUT2D eigenvalue weighted by molar-refractivity contribution is 0.636. The molecule has 0 saturated heterocycles. The third kappa shape index (κ3) is 1.28. The third-order valence-corrected chi connectivity index (χ3v) is 1.82. The van der Waals surface area contributed by atoms with Crippen LogP contribution < -0.4 is 0 Å². The zero-order valence-electron chi connectivity index (χ0n) is 6.87. The van der Waals surface area contributed by atoms with E-state index in [4.69, 9.17) is 0 Å². The maximum atomic E-state index is 13.3. The lowest BCUT2D eigenvalue weighted by atomic mass is 10.1. The highest BCUT2D eigenvalue weighted by Crippen LogP contribution is 2.17. The molecule has 2 aromatic rings. The molecule has 0 aliphatic heterocycles. The van der Waals surface area contributed by atoms with E-state index in [0.29, 0.717) is 10.9 Å². The molecule has 3 heteroatoms. The zero-order valence-corrected chi connectivity index (χ0v) is 6.87. The van der Waals surface area contributed by atoms with Crippen molar-refractivity contribution in [3.05, 3.63) is 42.6 Å². The van der Waals surface area contributed by atoms with Crippen molar-refractivity contribution in [2.75, 3.05) is 0 Å². The Kier molecular flexibility index (Phi) is 1.77. The Morgan fingerprint density at radius 2 is 2.23 bits per heavy atom. The normalized spacial score (nSPS) is 10.2. The van der Waals surface area contributed by atoms with Gasteiger partial charge in [0.2, 0.25) is 0 Å². The average molecular weight is 174 g/mol. The predicted molar refractivity (Wildman–Crippen MR) is 49.6 cm³/mol. The van der Waals surface area contributed by atoms with Gasteiger partial charge in [0.1, 0.15) is 17.7 Å². The molecule has 0 bridgehead atoms. The summed E-state index contributed by atoms with van der Waals surface area (Å²) in [4.78, 5) is 7.65. The van der Waals surface area contributed by atoms with E-state index >= 15 is 0 Å². The molecule has 0 aliphatic carbocycles. The summed E-state index contributed by atoms with van der Waals surface area (Å²) in [5.41, 5.74) is 1.08. The zero-order chi connectivity index (χ0) is 9.26. The first kappa shape index (κ1) is 7.86. The van der Waals surface area contributed by atoms with Gasteiger partial charge in [-0.3, -0.25) is 0 Å². The van der Waals surface area contributed by atoms with Crippen molar-refractivity contribution in [1.29, 1.82) is 0 Å². The fourth-order valence-electron chi connectivity index (χ4n) is 1.20. The van der Waals surface area contributed by atoms with Gasteiger partial charge in [0.05, 0.1) is 0 Å². The first-order chi connectivity index (χ1) is 6.31. The van der Waals surface area contributed by atoms with Crippen LogP contribution in [0.5, 0.6) is 0 Å². The summed E-state index contributed by atoms with van der Waals surface area (Å²) in [6.07, 6.45) is 4.51. The summed E-state index contributed by atoms with van der Waals surface area (Å²) in [5, 5.41) is 0.692. The van der Waals surface area contributed by atoms with Crippen molar-refractivity contribution in [2.24, 2.45) is 0 Å². The van der Waals surface area contributed by atoms with Gasteiger partial charge in [0.25, 0.3) is 0 Å². The van der Waals surface area contributed by atoms with E-state index in [2.05, 4.69) is 16.5 Å². The lowest BCUT2D eigenvalue weighted by Crippen LogP contribution is -1.86.